The standard InChI is InChI=1S/C28H37N7O/c1-20(2)34-26(29-6)11-12-27(31-34)35-23(5)25(22(4)30-35)10-13-28(36)33-16-14-32(15-17-33)19-24-9-7-8-21(3)18-24/h7-9,11-12,18H,1,10,13-17,19H2,2-6H3. The summed E-state index contributed by atoms with van der Waals surface area (Å²) in [6.07, 6.45) is 1.15. The third kappa shape index (κ3) is 5.65. The minimum Gasteiger partial charge on any atom is -0.340 e. The number of hydrogen-bond donors (Lipinski definition) is 0. The normalized spacial score (nSPS) is 14.9. The van der Waals surface area contributed by atoms with E-state index in [1.54, 1.807) is 11.7 Å². The van der Waals surface area contributed by atoms with Crippen molar-refractivity contribution in [3.8, 4) is 5.82 Å². The van der Waals surface area contributed by atoms with E-state index < -0.39 is 0 Å². The number of rotatable bonds is 7. The Balaban J connectivity index is 1.37. The molecule has 0 bridgehead atoms. The minimum absolute atomic E-state index is 0.212. The molecule has 1 saturated heterocycles. The molecule has 3 aromatic rings. The Kier molecular flexibility index (Phi) is 7.84. The van der Waals surface area contributed by atoms with Crippen molar-refractivity contribution in [3.63, 3.8) is 0 Å². The van der Waals surface area contributed by atoms with E-state index in [2.05, 4.69) is 52.8 Å². The minimum atomic E-state index is 0.212. The third-order valence-electron chi connectivity index (χ3n) is 6.85. The van der Waals surface area contributed by atoms with Crippen molar-refractivity contribution in [1.29, 1.82) is 0 Å². The highest BCUT2D eigenvalue weighted by molar-refractivity contribution is 5.76. The lowest BCUT2D eigenvalue weighted by Crippen LogP contribution is -2.48. The van der Waals surface area contributed by atoms with Crippen LogP contribution in [0.15, 0.2) is 48.0 Å². The monoisotopic (exact) mass is 487 g/mol. The molecule has 4 rings (SSSR count). The highest BCUT2D eigenvalue weighted by atomic mass is 16.2. The number of hydrogen-bond acceptors (Lipinski definition) is 5. The predicted molar refractivity (Wildman–Crippen MR) is 143 cm³/mol. The van der Waals surface area contributed by atoms with Gasteiger partial charge in [0.15, 0.2) is 5.82 Å². The number of carbonyl (C=O) groups is 1. The van der Waals surface area contributed by atoms with Crippen LogP contribution in [0.1, 0.15) is 41.4 Å². The molecule has 0 radical (unpaired) electrons. The largest absolute Gasteiger partial charge is 0.340 e. The Labute approximate surface area is 213 Å². The number of allylic oxidation sites excluding steroid dienone is 1. The first kappa shape index (κ1) is 25.6. The summed E-state index contributed by atoms with van der Waals surface area (Å²) < 4.78 is 3.56. The fourth-order valence-electron chi connectivity index (χ4n) is 4.84. The van der Waals surface area contributed by atoms with Crippen LogP contribution in [0, 0.1) is 20.8 Å². The second kappa shape index (κ2) is 11.0. The summed E-state index contributed by atoms with van der Waals surface area (Å²) in [4.78, 5) is 21.7. The summed E-state index contributed by atoms with van der Waals surface area (Å²) in [5, 5.41) is 9.41. The van der Waals surface area contributed by atoms with Gasteiger partial charge in [-0.05, 0) is 57.4 Å². The van der Waals surface area contributed by atoms with Crippen molar-refractivity contribution in [2.45, 2.75) is 47.1 Å². The van der Waals surface area contributed by atoms with Crippen LogP contribution in [0.3, 0.4) is 0 Å². The van der Waals surface area contributed by atoms with Gasteiger partial charge in [0, 0.05) is 57.6 Å². The molecule has 1 aliphatic rings. The zero-order chi connectivity index (χ0) is 25.8. The van der Waals surface area contributed by atoms with Gasteiger partial charge in [-0.3, -0.25) is 14.7 Å². The van der Waals surface area contributed by atoms with Crippen LogP contribution in [0.4, 0.5) is 0 Å². The quantitative estimate of drug-likeness (QED) is 0.513. The SMILES string of the molecule is C=C(C)n1nc(-n2nc(C)c(CCC(=O)N3CCN(Cc4cccc(C)c4)CC3)c2C)ccc1=NC. The number of aromatic nitrogens is 4. The van der Waals surface area contributed by atoms with Crippen molar-refractivity contribution in [2.24, 2.45) is 4.99 Å². The molecule has 1 aromatic carbocycles. The number of carbonyl (C=O) groups excluding carboxylic acids is 1. The van der Waals surface area contributed by atoms with Gasteiger partial charge in [-0.2, -0.15) is 5.10 Å². The first-order valence-corrected chi connectivity index (χ1v) is 12.6. The van der Waals surface area contributed by atoms with Crippen LogP contribution in [-0.4, -0.2) is 68.5 Å². The Hall–Kier alpha value is -3.52. The molecule has 0 N–H and O–H groups in total. The van der Waals surface area contributed by atoms with Crippen LogP contribution >= 0.6 is 0 Å². The highest BCUT2D eigenvalue weighted by Crippen LogP contribution is 2.19. The van der Waals surface area contributed by atoms with E-state index in [0.29, 0.717) is 18.7 Å². The molecule has 3 heterocycles. The maximum absolute atomic E-state index is 13.0. The summed E-state index contributed by atoms with van der Waals surface area (Å²) >= 11 is 0. The van der Waals surface area contributed by atoms with Gasteiger partial charge in [-0.25, -0.2) is 9.36 Å². The fourth-order valence-corrected chi connectivity index (χ4v) is 4.84. The van der Waals surface area contributed by atoms with E-state index in [9.17, 15) is 4.79 Å². The third-order valence-corrected chi connectivity index (χ3v) is 6.85. The number of piperazine rings is 1. The summed E-state index contributed by atoms with van der Waals surface area (Å²) in [5.41, 5.74) is 7.17. The fraction of sp³-hybridized carbons (Fsp3) is 0.429. The molecule has 190 valence electrons. The van der Waals surface area contributed by atoms with Gasteiger partial charge in [-0.15, -0.1) is 5.10 Å². The molecule has 0 aliphatic carbocycles. The Bertz CT molecular complexity index is 1330. The molecule has 0 atom stereocenters. The van der Waals surface area contributed by atoms with Gasteiger partial charge in [0.25, 0.3) is 0 Å². The molecule has 8 heteroatoms. The Morgan fingerprint density at radius 1 is 1.06 bits per heavy atom. The molecule has 0 unspecified atom stereocenters. The van der Waals surface area contributed by atoms with E-state index in [0.717, 1.165) is 60.9 Å². The second-order valence-corrected chi connectivity index (χ2v) is 9.63. The molecule has 1 amide bonds. The summed E-state index contributed by atoms with van der Waals surface area (Å²) in [6.45, 7) is 16.4. The van der Waals surface area contributed by atoms with Gasteiger partial charge in [0.05, 0.1) is 5.69 Å². The lowest BCUT2D eigenvalue weighted by atomic mass is 10.1. The van der Waals surface area contributed by atoms with Crippen molar-refractivity contribution in [2.75, 3.05) is 33.2 Å². The molecular formula is C28H37N7O. The second-order valence-electron chi connectivity index (χ2n) is 9.63. The van der Waals surface area contributed by atoms with E-state index in [-0.39, 0.29) is 5.91 Å². The van der Waals surface area contributed by atoms with E-state index in [4.69, 9.17) is 5.10 Å². The average Bonchev–Trinajstić information content (AvgIpc) is 3.15. The number of aryl methyl sites for hydroxylation is 2. The summed E-state index contributed by atoms with van der Waals surface area (Å²) in [7, 11) is 1.73. The predicted octanol–water partition coefficient (Wildman–Crippen LogP) is 3.29. The first-order valence-electron chi connectivity index (χ1n) is 12.6. The molecule has 0 saturated carbocycles. The van der Waals surface area contributed by atoms with Gasteiger partial charge in [0.2, 0.25) is 5.91 Å². The smallest absolute Gasteiger partial charge is 0.222 e. The number of amides is 1. The molecular weight excluding hydrogens is 450 g/mol. The van der Waals surface area contributed by atoms with Gasteiger partial charge < -0.3 is 4.90 Å². The average molecular weight is 488 g/mol. The van der Waals surface area contributed by atoms with E-state index >= 15 is 0 Å². The van der Waals surface area contributed by atoms with Crippen LogP contribution in [-0.2, 0) is 17.8 Å². The van der Waals surface area contributed by atoms with Gasteiger partial charge in [-0.1, -0.05) is 36.4 Å². The summed E-state index contributed by atoms with van der Waals surface area (Å²) in [5.74, 6) is 0.914. The molecule has 1 aliphatic heterocycles. The molecule has 2 aromatic heterocycles. The first-order chi connectivity index (χ1) is 17.3. The highest BCUT2D eigenvalue weighted by Gasteiger charge is 2.22. The van der Waals surface area contributed by atoms with Crippen molar-refractivity contribution >= 4 is 11.6 Å². The number of nitrogens with zero attached hydrogens (tertiary/aromatic N) is 7. The maximum Gasteiger partial charge on any atom is 0.222 e. The van der Waals surface area contributed by atoms with Gasteiger partial charge in [0.1, 0.15) is 5.49 Å². The Morgan fingerprint density at radius 3 is 2.47 bits per heavy atom. The zero-order valence-corrected chi connectivity index (χ0v) is 22.2. The molecule has 8 nitrogen and oxygen atoms in total. The van der Waals surface area contributed by atoms with E-state index in [1.165, 1.54) is 11.1 Å². The van der Waals surface area contributed by atoms with Crippen LogP contribution in [0.25, 0.3) is 11.5 Å². The summed E-state index contributed by atoms with van der Waals surface area (Å²) in [6, 6.07) is 12.5. The van der Waals surface area contributed by atoms with Crippen molar-refractivity contribution in [3.05, 3.63) is 76.5 Å². The molecule has 0 spiro atoms. The molecule has 1 fully saturated rings. The molecule has 36 heavy (non-hydrogen) atoms. The zero-order valence-electron chi connectivity index (χ0n) is 22.2. The van der Waals surface area contributed by atoms with Crippen LogP contribution in [0.2, 0.25) is 0 Å². The lowest BCUT2D eigenvalue weighted by Gasteiger charge is -2.35. The number of benzene rings is 1. The van der Waals surface area contributed by atoms with Crippen molar-refractivity contribution < 1.29 is 4.79 Å². The topological polar surface area (TPSA) is 71.6 Å². The van der Waals surface area contributed by atoms with Crippen molar-refractivity contribution in [1.82, 2.24) is 29.4 Å². The lowest BCUT2D eigenvalue weighted by molar-refractivity contribution is -0.133. The van der Waals surface area contributed by atoms with E-state index in [1.807, 2.05) is 42.5 Å². The van der Waals surface area contributed by atoms with Crippen LogP contribution < -0.4 is 5.49 Å². The maximum atomic E-state index is 13.0. The van der Waals surface area contributed by atoms with Gasteiger partial charge >= 0.3 is 0 Å². The van der Waals surface area contributed by atoms with Crippen LogP contribution in [0.5, 0.6) is 0 Å². The Morgan fingerprint density at radius 2 is 1.81 bits per heavy atom.